The normalized spacial score (nSPS) is 14.8. The first-order valence-corrected chi connectivity index (χ1v) is 6.08. The van der Waals surface area contributed by atoms with E-state index in [4.69, 9.17) is 0 Å². The zero-order chi connectivity index (χ0) is 9.40. The number of allylic oxidation sites excluding steroid dienone is 2. The van der Waals surface area contributed by atoms with Crippen molar-refractivity contribution in [3.63, 3.8) is 0 Å². The predicted octanol–water partition coefficient (Wildman–Crippen LogP) is 4.54. The third kappa shape index (κ3) is 5.82. The number of alkyl halides is 1. The lowest BCUT2D eigenvalue weighted by atomic mass is 10.0. The SMILES string of the molecule is CCC(C)=CCCC(CC)CBr. The lowest BCUT2D eigenvalue weighted by Gasteiger charge is -2.08. The van der Waals surface area contributed by atoms with Crippen molar-refractivity contribution in [1.29, 1.82) is 0 Å². The van der Waals surface area contributed by atoms with Crippen molar-refractivity contribution in [2.24, 2.45) is 5.92 Å². The summed E-state index contributed by atoms with van der Waals surface area (Å²) in [5, 5.41) is 1.16. The summed E-state index contributed by atoms with van der Waals surface area (Å²) in [6.45, 7) is 6.70. The largest absolute Gasteiger partial charge is 0.0925 e. The summed E-state index contributed by atoms with van der Waals surface area (Å²) in [4.78, 5) is 0. The van der Waals surface area contributed by atoms with Crippen LogP contribution in [0.1, 0.15) is 46.5 Å². The minimum atomic E-state index is 0.867. The topological polar surface area (TPSA) is 0 Å². The second-order valence-corrected chi connectivity index (χ2v) is 4.06. The predicted molar refractivity (Wildman–Crippen MR) is 60.9 cm³/mol. The van der Waals surface area contributed by atoms with Crippen molar-refractivity contribution in [3.8, 4) is 0 Å². The molecule has 0 nitrogen and oxygen atoms in total. The molecule has 12 heavy (non-hydrogen) atoms. The molecule has 0 saturated carbocycles. The molecule has 0 aliphatic rings. The van der Waals surface area contributed by atoms with Crippen LogP contribution in [0.2, 0.25) is 0 Å². The van der Waals surface area contributed by atoms with Crippen LogP contribution in [0.3, 0.4) is 0 Å². The number of halogens is 1. The van der Waals surface area contributed by atoms with Gasteiger partial charge in [0.2, 0.25) is 0 Å². The molecule has 0 N–H and O–H groups in total. The van der Waals surface area contributed by atoms with Gasteiger partial charge in [0.05, 0.1) is 0 Å². The smallest absolute Gasteiger partial charge is 0.00596 e. The van der Waals surface area contributed by atoms with Crippen molar-refractivity contribution in [2.75, 3.05) is 5.33 Å². The summed E-state index contributed by atoms with van der Waals surface area (Å²) >= 11 is 3.54. The van der Waals surface area contributed by atoms with Crippen molar-refractivity contribution >= 4 is 15.9 Å². The maximum Gasteiger partial charge on any atom is 0.00596 e. The van der Waals surface area contributed by atoms with Crippen LogP contribution in [0.4, 0.5) is 0 Å². The van der Waals surface area contributed by atoms with Gasteiger partial charge in [-0.25, -0.2) is 0 Å². The van der Waals surface area contributed by atoms with Crippen molar-refractivity contribution in [1.82, 2.24) is 0 Å². The lowest BCUT2D eigenvalue weighted by molar-refractivity contribution is 0.533. The van der Waals surface area contributed by atoms with Crippen molar-refractivity contribution in [2.45, 2.75) is 46.5 Å². The van der Waals surface area contributed by atoms with Gasteiger partial charge in [-0.05, 0) is 32.1 Å². The standard InChI is InChI=1S/C11H21Br/c1-4-10(3)7-6-8-11(5-2)9-12/h7,11H,4-6,8-9H2,1-3H3. The Morgan fingerprint density at radius 1 is 1.42 bits per heavy atom. The van der Waals surface area contributed by atoms with Crippen LogP contribution in [0.25, 0.3) is 0 Å². The zero-order valence-corrected chi connectivity index (χ0v) is 10.2. The fourth-order valence-electron chi connectivity index (χ4n) is 1.10. The fraction of sp³-hybridized carbons (Fsp3) is 0.818. The average molecular weight is 233 g/mol. The number of rotatable bonds is 6. The summed E-state index contributed by atoms with van der Waals surface area (Å²) in [6, 6.07) is 0. The lowest BCUT2D eigenvalue weighted by Crippen LogP contribution is -1.98. The van der Waals surface area contributed by atoms with E-state index in [-0.39, 0.29) is 0 Å². The maximum atomic E-state index is 3.54. The molecule has 0 radical (unpaired) electrons. The van der Waals surface area contributed by atoms with E-state index >= 15 is 0 Å². The zero-order valence-electron chi connectivity index (χ0n) is 8.57. The fourth-order valence-corrected chi connectivity index (χ4v) is 1.88. The Kier molecular flexibility index (Phi) is 7.99. The van der Waals surface area contributed by atoms with Crippen molar-refractivity contribution in [3.05, 3.63) is 11.6 Å². The molecule has 0 rings (SSSR count). The van der Waals surface area contributed by atoms with Gasteiger partial charge in [0, 0.05) is 5.33 Å². The first kappa shape index (κ1) is 12.2. The van der Waals surface area contributed by atoms with E-state index in [2.05, 4.69) is 42.8 Å². The van der Waals surface area contributed by atoms with Gasteiger partial charge in [-0.15, -0.1) is 0 Å². The molecule has 0 heterocycles. The molecule has 0 aliphatic heterocycles. The van der Waals surface area contributed by atoms with Gasteiger partial charge in [0.25, 0.3) is 0 Å². The minimum Gasteiger partial charge on any atom is -0.0925 e. The molecule has 0 fully saturated rings. The van der Waals surface area contributed by atoms with Crippen LogP contribution < -0.4 is 0 Å². The van der Waals surface area contributed by atoms with E-state index in [9.17, 15) is 0 Å². The maximum absolute atomic E-state index is 3.54. The van der Waals surface area contributed by atoms with Crippen LogP contribution in [0.5, 0.6) is 0 Å². The van der Waals surface area contributed by atoms with Crippen LogP contribution in [-0.2, 0) is 0 Å². The number of hydrogen-bond acceptors (Lipinski definition) is 0. The third-order valence-electron chi connectivity index (χ3n) is 2.42. The molecule has 0 amide bonds. The molecule has 1 unspecified atom stereocenters. The Hall–Kier alpha value is 0.220. The molecule has 0 spiro atoms. The first-order valence-electron chi connectivity index (χ1n) is 4.96. The second kappa shape index (κ2) is 7.85. The van der Waals surface area contributed by atoms with Crippen LogP contribution in [0, 0.1) is 5.92 Å². The number of hydrogen-bond donors (Lipinski definition) is 0. The molecule has 0 aromatic carbocycles. The van der Waals surface area contributed by atoms with E-state index in [1.165, 1.54) is 31.3 Å². The highest BCUT2D eigenvalue weighted by Gasteiger charge is 2.01. The molecule has 0 bridgehead atoms. The molecule has 1 atom stereocenters. The molecule has 1 heteroatoms. The quantitative estimate of drug-likeness (QED) is 0.466. The summed E-state index contributed by atoms with van der Waals surface area (Å²) in [5.74, 6) is 0.867. The summed E-state index contributed by atoms with van der Waals surface area (Å²) in [7, 11) is 0. The highest BCUT2D eigenvalue weighted by atomic mass is 79.9. The molecular formula is C11H21Br. The molecule has 72 valence electrons. The highest BCUT2D eigenvalue weighted by molar-refractivity contribution is 9.09. The van der Waals surface area contributed by atoms with Gasteiger partial charge in [0.1, 0.15) is 0 Å². The first-order chi connectivity index (χ1) is 5.74. The van der Waals surface area contributed by atoms with E-state index in [0.29, 0.717) is 0 Å². The van der Waals surface area contributed by atoms with Crippen LogP contribution >= 0.6 is 15.9 Å². The van der Waals surface area contributed by atoms with Crippen molar-refractivity contribution < 1.29 is 0 Å². The Bertz CT molecular complexity index is 123. The molecular weight excluding hydrogens is 212 g/mol. The minimum absolute atomic E-state index is 0.867. The average Bonchev–Trinajstić information content (AvgIpc) is 2.12. The summed E-state index contributed by atoms with van der Waals surface area (Å²) < 4.78 is 0. The van der Waals surface area contributed by atoms with Gasteiger partial charge in [-0.3, -0.25) is 0 Å². The third-order valence-corrected chi connectivity index (χ3v) is 3.34. The Morgan fingerprint density at radius 3 is 2.50 bits per heavy atom. The molecule has 0 aromatic heterocycles. The van der Waals surface area contributed by atoms with E-state index in [1.54, 1.807) is 0 Å². The van der Waals surface area contributed by atoms with Gasteiger partial charge >= 0.3 is 0 Å². The summed E-state index contributed by atoms with van der Waals surface area (Å²) in [6.07, 6.45) is 7.46. The molecule has 0 aromatic rings. The van der Waals surface area contributed by atoms with Gasteiger partial charge in [0.15, 0.2) is 0 Å². The molecule has 0 aliphatic carbocycles. The monoisotopic (exact) mass is 232 g/mol. The van der Waals surface area contributed by atoms with Gasteiger partial charge in [-0.2, -0.15) is 0 Å². The summed E-state index contributed by atoms with van der Waals surface area (Å²) in [5.41, 5.74) is 1.53. The van der Waals surface area contributed by atoms with Gasteiger partial charge < -0.3 is 0 Å². The van der Waals surface area contributed by atoms with Crippen LogP contribution in [0.15, 0.2) is 11.6 Å². The van der Waals surface area contributed by atoms with Gasteiger partial charge in [-0.1, -0.05) is 47.8 Å². The highest BCUT2D eigenvalue weighted by Crippen LogP contribution is 2.15. The van der Waals surface area contributed by atoms with E-state index in [1.807, 2.05) is 0 Å². The second-order valence-electron chi connectivity index (χ2n) is 3.41. The van der Waals surface area contributed by atoms with E-state index < -0.39 is 0 Å². The van der Waals surface area contributed by atoms with E-state index in [0.717, 1.165) is 11.2 Å². The van der Waals surface area contributed by atoms with Crippen LogP contribution in [-0.4, -0.2) is 5.33 Å². The Morgan fingerprint density at radius 2 is 2.08 bits per heavy atom. The Labute approximate surface area is 85.6 Å². The molecule has 0 saturated heterocycles. The Balaban J connectivity index is 3.53.